The van der Waals surface area contributed by atoms with E-state index in [4.69, 9.17) is 4.42 Å². The number of nitrogens with one attached hydrogen (secondary N) is 1. The number of hydrogen-bond donors (Lipinski definition) is 1. The predicted octanol–water partition coefficient (Wildman–Crippen LogP) is 7.38. The van der Waals surface area contributed by atoms with Crippen LogP contribution in [-0.2, 0) is 28.3 Å². The third kappa shape index (κ3) is 4.57. The van der Waals surface area contributed by atoms with Gasteiger partial charge >= 0.3 is 0 Å². The van der Waals surface area contributed by atoms with Crippen molar-refractivity contribution in [3.05, 3.63) is 58.8 Å². The Morgan fingerprint density at radius 3 is 2.33 bits per heavy atom. The van der Waals surface area contributed by atoms with Crippen LogP contribution in [0.4, 0.5) is 5.69 Å². The van der Waals surface area contributed by atoms with Gasteiger partial charge in [-0.15, -0.1) is 0 Å². The number of hydrogen-bond acceptors (Lipinski definition) is 3. The molecular formula is C28H37NO3S. The van der Waals surface area contributed by atoms with Gasteiger partial charge in [-0.05, 0) is 71.9 Å². The first-order valence-corrected chi connectivity index (χ1v) is 13.5. The third-order valence-corrected chi connectivity index (χ3v) is 9.06. The molecule has 0 saturated carbocycles. The van der Waals surface area contributed by atoms with Gasteiger partial charge in [0.15, 0.2) is 0 Å². The maximum Gasteiger partial charge on any atom is 0.261 e. The van der Waals surface area contributed by atoms with Crippen molar-refractivity contribution < 1.29 is 12.8 Å². The molecule has 0 amide bonds. The van der Waals surface area contributed by atoms with Crippen LogP contribution in [0.2, 0.25) is 0 Å². The van der Waals surface area contributed by atoms with Gasteiger partial charge in [-0.2, -0.15) is 0 Å². The second-order valence-corrected chi connectivity index (χ2v) is 13.0. The maximum absolute atomic E-state index is 13.2. The summed E-state index contributed by atoms with van der Waals surface area (Å²) in [7, 11) is -3.69. The molecule has 1 unspecified atom stereocenters. The minimum Gasteiger partial charge on any atom is -0.461 e. The van der Waals surface area contributed by atoms with Gasteiger partial charge < -0.3 is 4.42 Å². The van der Waals surface area contributed by atoms with Crippen LogP contribution >= 0.6 is 0 Å². The molecule has 5 heteroatoms. The standard InChI is InChI=1S/C28H37NO3S/c1-8-28(6,7)20-11-14-25-22(16-20)23-17-24(18(2)15-26(23)32-25)29-33(30,31)21-12-9-19(10-13-21)27(3,4)5/h9-10,12-13,15,17,20,29H,8,11,14,16H2,1-7H3. The Bertz CT molecular complexity index is 1280. The molecule has 178 valence electrons. The van der Waals surface area contributed by atoms with Gasteiger partial charge in [0.2, 0.25) is 0 Å². The summed E-state index contributed by atoms with van der Waals surface area (Å²) in [5.41, 5.74) is 4.92. The number of fused-ring (bicyclic) bond motifs is 3. The largest absolute Gasteiger partial charge is 0.461 e. The van der Waals surface area contributed by atoms with Crippen LogP contribution < -0.4 is 4.72 Å². The van der Waals surface area contributed by atoms with Crippen LogP contribution in [0.1, 0.15) is 76.8 Å². The minimum atomic E-state index is -3.69. The van der Waals surface area contributed by atoms with Crippen molar-refractivity contribution in [2.45, 2.75) is 84.5 Å². The first kappa shape index (κ1) is 23.9. The molecule has 1 aliphatic rings. The second kappa shape index (κ2) is 8.19. The summed E-state index contributed by atoms with van der Waals surface area (Å²) in [6, 6.07) is 11.1. The van der Waals surface area contributed by atoms with E-state index in [9.17, 15) is 8.42 Å². The quantitative estimate of drug-likeness (QED) is 0.426. The van der Waals surface area contributed by atoms with Crippen molar-refractivity contribution in [3.8, 4) is 0 Å². The fourth-order valence-electron chi connectivity index (χ4n) is 4.83. The maximum atomic E-state index is 13.2. The Balaban J connectivity index is 1.68. The lowest BCUT2D eigenvalue weighted by Gasteiger charge is -2.36. The van der Waals surface area contributed by atoms with Crippen LogP contribution in [0.25, 0.3) is 11.0 Å². The lowest BCUT2D eigenvalue weighted by molar-refractivity contribution is 0.179. The summed E-state index contributed by atoms with van der Waals surface area (Å²) < 4.78 is 35.4. The molecule has 0 aliphatic heterocycles. The summed E-state index contributed by atoms with van der Waals surface area (Å²) in [6.45, 7) is 15.2. The van der Waals surface area contributed by atoms with Gasteiger partial charge in [0, 0.05) is 17.4 Å². The Kier molecular flexibility index (Phi) is 5.93. The molecule has 1 N–H and O–H groups in total. The molecule has 3 aromatic rings. The fourth-order valence-corrected chi connectivity index (χ4v) is 5.95. The van der Waals surface area contributed by atoms with E-state index in [0.717, 1.165) is 53.5 Å². The number of rotatable bonds is 5. The van der Waals surface area contributed by atoms with Gasteiger partial charge in [-0.1, -0.05) is 60.1 Å². The average Bonchev–Trinajstić information content (AvgIpc) is 3.09. The monoisotopic (exact) mass is 467 g/mol. The van der Waals surface area contributed by atoms with E-state index >= 15 is 0 Å². The average molecular weight is 468 g/mol. The van der Waals surface area contributed by atoms with Crippen LogP contribution in [0.5, 0.6) is 0 Å². The lowest BCUT2D eigenvalue weighted by Crippen LogP contribution is -2.28. The van der Waals surface area contributed by atoms with Crippen LogP contribution in [0.3, 0.4) is 0 Å². The first-order valence-electron chi connectivity index (χ1n) is 12.0. The SMILES string of the molecule is CCC(C)(C)C1CCc2oc3cc(C)c(NS(=O)(=O)c4ccc(C(C)(C)C)cc4)cc3c2C1. The van der Waals surface area contributed by atoms with Crippen molar-refractivity contribution in [2.24, 2.45) is 11.3 Å². The summed E-state index contributed by atoms with van der Waals surface area (Å²) in [4.78, 5) is 0.272. The third-order valence-electron chi connectivity index (χ3n) is 7.68. The number of furan rings is 1. The zero-order valence-corrected chi connectivity index (χ0v) is 21.8. The highest BCUT2D eigenvalue weighted by Crippen LogP contribution is 2.43. The highest BCUT2D eigenvalue weighted by atomic mass is 32.2. The highest BCUT2D eigenvalue weighted by molar-refractivity contribution is 7.92. The number of benzene rings is 2. The van der Waals surface area contributed by atoms with Gasteiger partial charge in [0.25, 0.3) is 10.0 Å². The molecule has 1 aromatic heterocycles. The molecule has 4 rings (SSSR count). The van der Waals surface area contributed by atoms with E-state index in [-0.39, 0.29) is 15.7 Å². The Labute approximate surface area is 198 Å². The van der Waals surface area contributed by atoms with E-state index in [1.807, 2.05) is 31.2 Å². The summed E-state index contributed by atoms with van der Waals surface area (Å²) in [6.07, 6.45) is 4.20. The highest BCUT2D eigenvalue weighted by Gasteiger charge is 2.33. The molecule has 0 bridgehead atoms. The van der Waals surface area contributed by atoms with Gasteiger partial charge in [0.1, 0.15) is 11.3 Å². The Hall–Kier alpha value is -2.27. The van der Waals surface area contributed by atoms with Crippen LogP contribution in [0.15, 0.2) is 45.7 Å². The van der Waals surface area contributed by atoms with E-state index in [2.05, 4.69) is 46.3 Å². The fraction of sp³-hybridized carbons (Fsp3) is 0.500. The molecule has 4 nitrogen and oxygen atoms in total. The predicted molar refractivity (Wildman–Crippen MR) is 136 cm³/mol. The van der Waals surface area contributed by atoms with Crippen molar-refractivity contribution in [2.75, 3.05) is 4.72 Å². The second-order valence-electron chi connectivity index (χ2n) is 11.3. The van der Waals surface area contributed by atoms with Crippen molar-refractivity contribution >= 4 is 26.7 Å². The lowest BCUT2D eigenvalue weighted by atomic mass is 9.69. The summed E-state index contributed by atoms with van der Waals surface area (Å²) >= 11 is 0. The van der Waals surface area contributed by atoms with Crippen LogP contribution in [-0.4, -0.2) is 8.42 Å². The number of sulfonamides is 1. The molecule has 0 spiro atoms. The van der Waals surface area contributed by atoms with E-state index in [1.54, 1.807) is 12.1 Å². The number of anilines is 1. The van der Waals surface area contributed by atoms with E-state index in [0.29, 0.717) is 11.6 Å². The number of aryl methyl sites for hydroxylation is 2. The van der Waals surface area contributed by atoms with Crippen molar-refractivity contribution in [1.82, 2.24) is 0 Å². The summed E-state index contributed by atoms with van der Waals surface area (Å²) in [5.74, 6) is 1.66. The molecule has 1 atom stereocenters. The molecule has 1 heterocycles. The molecule has 0 saturated heterocycles. The van der Waals surface area contributed by atoms with Crippen LogP contribution in [0, 0.1) is 18.3 Å². The minimum absolute atomic E-state index is 0.0259. The Morgan fingerprint density at radius 2 is 1.73 bits per heavy atom. The molecule has 1 aliphatic carbocycles. The van der Waals surface area contributed by atoms with E-state index in [1.165, 1.54) is 5.56 Å². The van der Waals surface area contributed by atoms with Gasteiger partial charge in [0.05, 0.1) is 10.6 Å². The normalized spacial score (nSPS) is 17.2. The topological polar surface area (TPSA) is 59.3 Å². The Morgan fingerprint density at radius 1 is 1.06 bits per heavy atom. The molecular weight excluding hydrogens is 430 g/mol. The zero-order chi connectivity index (χ0) is 24.2. The molecule has 2 aromatic carbocycles. The smallest absolute Gasteiger partial charge is 0.261 e. The van der Waals surface area contributed by atoms with Gasteiger partial charge in [-0.3, -0.25) is 4.72 Å². The van der Waals surface area contributed by atoms with Gasteiger partial charge in [-0.25, -0.2) is 8.42 Å². The van der Waals surface area contributed by atoms with E-state index < -0.39 is 10.0 Å². The molecule has 0 fully saturated rings. The van der Waals surface area contributed by atoms with Crippen molar-refractivity contribution in [1.29, 1.82) is 0 Å². The zero-order valence-electron chi connectivity index (χ0n) is 21.0. The first-order chi connectivity index (χ1) is 15.3. The van der Waals surface area contributed by atoms with Crippen molar-refractivity contribution in [3.63, 3.8) is 0 Å². The molecule has 33 heavy (non-hydrogen) atoms. The summed E-state index contributed by atoms with van der Waals surface area (Å²) in [5, 5.41) is 1.04. The molecule has 0 radical (unpaired) electrons.